The minimum absolute atomic E-state index is 0.219. The van der Waals surface area contributed by atoms with Crippen molar-refractivity contribution >= 4 is 11.6 Å². The molecule has 2 rings (SSSR count). The van der Waals surface area contributed by atoms with E-state index in [4.69, 9.17) is 15.2 Å². The Morgan fingerprint density at radius 3 is 2.95 bits per heavy atom. The number of anilines is 1. The van der Waals surface area contributed by atoms with Crippen LogP contribution in [0.1, 0.15) is 30.1 Å². The van der Waals surface area contributed by atoms with Crippen molar-refractivity contribution in [3.63, 3.8) is 0 Å². The highest BCUT2D eigenvalue weighted by Gasteiger charge is 2.31. The van der Waals surface area contributed by atoms with Gasteiger partial charge in [-0.3, -0.25) is 4.79 Å². The molecule has 1 saturated heterocycles. The van der Waals surface area contributed by atoms with Gasteiger partial charge in [0, 0.05) is 12.3 Å². The molecule has 5 nitrogen and oxygen atoms in total. The Balaban J connectivity index is 2.20. The number of nitrogens with one attached hydrogen (secondary N) is 1. The van der Waals surface area contributed by atoms with E-state index in [1.165, 1.54) is 7.11 Å². The lowest BCUT2D eigenvalue weighted by molar-refractivity contribution is 0.0272. The Labute approximate surface area is 113 Å². The van der Waals surface area contributed by atoms with Crippen LogP contribution in [0.25, 0.3) is 0 Å². The van der Waals surface area contributed by atoms with Crippen LogP contribution < -0.4 is 15.8 Å². The maximum atomic E-state index is 12.4. The summed E-state index contributed by atoms with van der Waals surface area (Å²) in [6.07, 6.45) is 1.84. The molecule has 0 saturated carbocycles. The first-order valence-corrected chi connectivity index (χ1v) is 6.38. The number of hydrogen-bond acceptors (Lipinski definition) is 4. The third-order valence-corrected chi connectivity index (χ3v) is 3.36. The summed E-state index contributed by atoms with van der Waals surface area (Å²) in [5.74, 6) is 0.265. The van der Waals surface area contributed by atoms with Gasteiger partial charge in [0.2, 0.25) is 0 Å². The van der Waals surface area contributed by atoms with Crippen LogP contribution in [0.2, 0.25) is 0 Å². The average molecular weight is 264 g/mol. The molecule has 0 spiro atoms. The summed E-state index contributed by atoms with van der Waals surface area (Å²) in [5.41, 5.74) is 6.33. The number of carbonyl (C=O) groups is 1. The minimum Gasteiger partial charge on any atom is -0.496 e. The zero-order valence-corrected chi connectivity index (χ0v) is 11.4. The van der Waals surface area contributed by atoms with Gasteiger partial charge in [0.25, 0.3) is 5.91 Å². The molecule has 1 amide bonds. The molecule has 3 N–H and O–H groups in total. The van der Waals surface area contributed by atoms with Gasteiger partial charge in [0.15, 0.2) is 0 Å². The highest BCUT2D eigenvalue weighted by atomic mass is 16.5. The third kappa shape index (κ3) is 2.98. The second-order valence-electron chi connectivity index (χ2n) is 5.10. The standard InChI is InChI=1S/C14H20N2O3/c1-14(7-4-8-19-9-14)16-13(17)12-10(15)5-3-6-11(12)18-2/h3,5-6H,4,7-9,15H2,1-2H3,(H,16,17). The number of amides is 1. The Bertz CT molecular complexity index is 468. The number of nitrogen functional groups attached to an aromatic ring is 1. The third-order valence-electron chi connectivity index (χ3n) is 3.36. The number of methoxy groups -OCH3 is 1. The van der Waals surface area contributed by atoms with Crippen molar-refractivity contribution in [1.29, 1.82) is 0 Å². The number of ether oxygens (including phenoxy) is 2. The Morgan fingerprint density at radius 1 is 1.53 bits per heavy atom. The number of hydrogen-bond donors (Lipinski definition) is 2. The van der Waals surface area contributed by atoms with E-state index >= 15 is 0 Å². The van der Waals surface area contributed by atoms with Crippen molar-refractivity contribution in [3.05, 3.63) is 23.8 Å². The molecule has 1 aliphatic heterocycles. The molecule has 1 aliphatic rings. The summed E-state index contributed by atoms with van der Waals surface area (Å²) in [6.45, 7) is 3.26. The zero-order valence-electron chi connectivity index (χ0n) is 11.4. The summed E-state index contributed by atoms with van der Waals surface area (Å²) in [6, 6.07) is 5.18. The molecule has 0 aromatic heterocycles. The SMILES string of the molecule is COc1cccc(N)c1C(=O)NC1(C)CCCOC1. The number of rotatable bonds is 3. The molecule has 1 unspecified atom stereocenters. The summed E-state index contributed by atoms with van der Waals surface area (Å²) >= 11 is 0. The number of benzene rings is 1. The number of nitrogens with two attached hydrogens (primary N) is 1. The lowest BCUT2D eigenvalue weighted by atomic mass is 9.94. The van der Waals surface area contributed by atoms with Gasteiger partial charge < -0.3 is 20.5 Å². The van der Waals surface area contributed by atoms with Crippen molar-refractivity contribution in [2.45, 2.75) is 25.3 Å². The van der Waals surface area contributed by atoms with E-state index in [0.717, 1.165) is 19.4 Å². The fourth-order valence-corrected chi connectivity index (χ4v) is 2.33. The van der Waals surface area contributed by atoms with E-state index in [-0.39, 0.29) is 11.4 Å². The monoisotopic (exact) mass is 264 g/mol. The zero-order chi connectivity index (χ0) is 13.9. The van der Waals surface area contributed by atoms with Gasteiger partial charge in [0.05, 0.1) is 19.3 Å². The van der Waals surface area contributed by atoms with Crippen LogP contribution >= 0.6 is 0 Å². The van der Waals surface area contributed by atoms with Gasteiger partial charge >= 0.3 is 0 Å². The van der Waals surface area contributed by atoms with Gasteiger partial charge in [-0.05, 0) is 31.9 Å². The Kier molecular flexibility index (Phi) is 3.95. The number of carbonyl (C=O) groups excluding carboxylic acids is 1. The van der Waals surface area contributed by atoms with E-state index in [0.29, 0.717) is 23.6 Å². The first kappa shape index (κ1) is 13.7. The van der Waals surface area contributed by atoms with E-state index in [2.05, 4.69) is 5.32 Å². The average Bonchev–Trinajstić information content (AvgIpc) is 2.38. The fraction of sp³-hybridized carbons (Fsp3) is 0.500. The van der Waals surface area contributed by atoms with Crippen LogP contribution in [-0.2, 0) is 4.74 Å². The second-order valence-corrected chi connectivity index (χ2v) is 5.10. The smallest absolute Gasteiger partial charge is 0.257 e. The molecular weight excluding hydrogens is 244 g/mol. The van der Waals surface area contributed by atoms with E-state index in [1.807, 2.05) is 6.92 Å². The molecule has 1 atom stereocenters. The molecule has 5 heteroatoms. The summed E-state index contributed by atoms with van der Waals surface area (Å²) in [4.78, 5) is 12.4. The first-order valence-electron chi connectivity index (χ1n) is 6.38. The molecule has 19 heavy (non-hydrogen) atoms. The topological polar surface area (TPSA) is 73.6 Å². The van der Waals surface area contributed by atoms with E-state index in [9.17, 15) is 4.79 Å². The van der Waals surface area contributed by atoms with Gasteiger partial charge in [-0.25, -0.2) is 0 Å². The van der Waals surface area contributed by atoms with Gasteiger partial charge in [-0.15, -0.1) is 0 Å². The van der Waals surface area contributed by atoms with E-state index < -0.39 is 0 Å². The highest BCUT2D eigenvalue weighted by molar-refractivity contribution is 6.02. The van der Waals surface area contributed by atoms with Crippen LogP contribution in [-0.4, -0.2) is 31.8 Å². The summed E-state index contributed by atoms with van der Waals surface area (Å²) < 4.78 is 10.6. The summed E-state index contributed by atoms with van der Waals surface area (Å²) in [7, 11) is 1.52. The molecule has 0 aliphatic carbocycles. The summed E-state index contributed by atoms with van der Waals surface area (Å²) in [5, 5.41) is 3.00. The quantitative estimate of drug-likeness (QED) is 0.813. The van der Waals surface area contributed by atoms with Gasteiger partial charge in [0.1, 0.15) is 11.3 Å². The molecule has 1 aromatic rings. The molecule has 1 heterocycles. The predicted octanol–water partition coefficient (Wildman–Crippen LogP) is 1.58. The first-order chi connectivity index (χ1) is 9.06. The van der Waals surface area contributed by atoms with E-state index in [1.54, 1.807) is 18.2 Å². The van der Waals surface area contributed by atoms with Gasteiger partial charge in [-0.1, -0.05) is 6.07 Å². The molecule has 0 radical (unpaired) electrons. The molecule has 1 aromatic carbocycles. The van der Waals surface area contributed by atoms with Crippen molar-refractivity contribution in [2.24, 2.45) is 0 Å². The Hall–Kier alpha value is -1.75. The molecular formula is C14H20N2O3. The predicted molar refractivity (Wildman–Crippen MR) is 73.3 cm³/mol. The van der Waals surface area contributed by atoms with Crippen LogP contribution in [0.3, 0.4) is 0 Å². The normalized spacial score (nSPS) is 22.8. The lowest BCUT2D eigenvalue weighted by Gasteiger charge is -2.34. The minimum atomic E-state index is -0.345. The Morgan fingerprint density at radius 2 is 2.32 bits per heavy atom. The highest BCUT2D eigenvalue weighted by Crippen LogP contribution is 2.26. The van der Waals surface area contributed by atoms with Crippen molar-refractivity contribution in [2.75, 3.05) is 26.1 Å². The van der Waals surface area contributed by atoms with Crippen LogP contribution in [0.15, 0.2) is 18.2 Å². The van der Waals surface area contributed by atoms with Crippen LogP contribution in [0.4, 0.5) is 5.69 Å². The van der Waals surface area contributed by atoms with Crippen LogP contribution in [0, 0.1) is 0 Å². The maximum Gasteiger partial charge on any atom is 0.257 e. The van der Waals surface area contributed by atoms with Crippen molar-refractivity contribution < 1.29 is 14.3 Å². The molecule has 1 fully saturated rings. The van der Waals surface area contributed by atoms with Crippen molar-refractivity contribution in [1.82, 2.24) is 5.32 Å². The molecule has 104 valence electrons. The lowest BCUT2D eigenvalue weighted by Crippen LogP contribution is -2.51. The van der Waals surface area contributed by atoms with Crippen molar-refractivity contribution in [3.8, 4) is 5.75 Å². The molecule has 0 bridgehead atoms. The van der Waals surface area contributed by atoms with Gasteiger partial charge in [-0.2, -0.15) is 0 Å². The maximum absolute atomic E-state index is 12.4. The fourth-order valence-electron chi connectivity index (χ4n) is 2.33. The largest absolute Gasteiger partial charge is 0.496 e. The second kappa shape index (κ2) is 5.48. The van der Waals surface area contributed by atoms with Crippen LogP contribution in [0.5, 0.6) is 5.75 Å².